The molecule has 0 unspecified atom stereocenters. The molecular weight excluding hydrogens is 348 g/mol. The summed E-state index contributed by atoms with van der Waals surface area (Å²) in [5.41, 5.74) is 6.20. The lowest BCUT2D eigenvalue weighted by Crippen LogP contribution is -2.45. The summed E-state index contributed by atoms with van der Waals surface area (Å²) in [6.45, 7) is 6.69. The van der Waals surface area contributed by atoms with Crippen LogP contribution in [0.25, 0.3) is 11.4 Å². The smallest absolute Gasteiger partial charge is 0.140 e. The molecule has 0 aliphatic carbocycles. The second-order valence-corrected chi connectivity index (χ2v) is 7.87. The third-order valence-electron chi connectivity index (χ3n) is 5.77. The van der Waals surface area contributed by atoms with Crippen molar-refractivity contribution in [2.75, 3.05) is 13.2 Å². The van der Waals surface area contributed by atoms with Gasteiger partial charge in [-0.1, -0.05) is 63.4 Å². The van der Waals surface area contributed by atoms with Crippen molar-refractivity contribution in [1.82, 2.24) is 20.0 Å². The topological polar surface area (TPSA) is 53.3 Å². The fourth-order valence-electron chi connectivity index (χ4n) is 4.12. The van der Waals surface area contributed by atoms with Gasteiger partial charge < -0.3 is 9.67 Å². The summed E-state index contributed by atoms with van der Waals surface area (Å²) in [5, 5.41) is 12.0. The van der Waals surface area contributed by atoms with Crippen molar-refractivity contribution in [3.63, 3.8) is 0 Å². The summed E-state index contributed by atoms with van der Waals surface area (Å²) in [5.74, 6) is 1.06. The van der Waals surface area contributed by atoms with Crippen molar-refractivity contribution in [3.05, 3.63) is 42.2 Å². The van der Waals surface area contributed by atoms with Crippen LogP contribution in [0.5, 0.6) is 0 Å². The number of benzene rings is 1. The SMILES string of the molecule is CCCC[C@@H](NN1CCC[C@H]1CO)c1cnc(-c2ccccc2)n1CCCC. The molecule has 1 aromatic carbocycles. The van der Waals surface area contributed by atoms with Gasteiger partial charge in [0.15, 0.2) is 0 Å². The highest BCUT2D eigenvalue weighted by atomic mass is 16.3. The maximum atomic E-state index is 9.72. The number of aromatic nitrogens is 2. The molecular formula is C23H36N4O. The Morgan fingerprint density at radius 2 is 1.96 bits per heavy atom. The van der Waals surface area contributed by atoms with E-state index in [1.54, 1.807) is 0 Å². The first kappa shape index (κ1) is 21.0. The van der Waals surface area contributed by atoms with Crippen molar-refractivity contribution < 1.29 is 5.11 Å². The molecule has 2 heterocycles. The van der Waals surface area contributed by atoms with Crippen LogP contribution in [0.1, 0.15) is 70.5 Å². The number of aliphatic hydroxyl groups excluding tert-OH is 1. The molecule has 1 aromatic heterocycles. The molecule has 5 heteroatoms. The Bertz CT molecular complexity index is 700. The molecule has 1 saturated heterocycles. The fraction of sp³-hybridized carbons (Fsp3) is 0.609. The highest BCUT2D eigenvalue weighted by Gasteiger charge is 2.28. The predicted octanol–water partition coefficient (Wildman–Crippen LogP) is 4.54. The average molecular weight is 385 g/mol. The highest BCUT2D eigenvalue weighted by molar-refractivity contribution is 5.56. The van der Waals surface area contributed by atoms with E-state index in [-0.39, 0.29) is 18.7 Å². The van der Waals surface area contributed by atoms with Crippen LogP contribution in [0.4, 0.5) is 0 Å². The monoisotopic (exact) mass is 384 g/mol. The van der Waals surface area contributed by atoms with Gasteiger partial charge in [0.2, 0.25) is 0 Å². The van der Waals surface area contributed by atoms with Crippen molar-refractivity contribution >= 4 is 0 Å². The maximum absolute atomic E-state index is 9.72. The van der Waals surface area contributed by atoms with Crippen LogP contribution >= 0.6 is 0 Å². The summed E-state index contributed by atoms with van der Waals surface area (Å²) < 4.78 is 2.41. The van der Waals surface area contributed by atoms with Crippen LogP contribution in [0.3, 0.4) is 0 Å². The molecule has 1 fully saturated rings. The van der Waals surface area contributed by atoms with Crippen LogP contribution in [-0.4, -0.2) is 38.9 Å². The maximum Gasteiger partial charge on any atom is 0.140 e. The Kier molecular flexibility index (Phi) is 8.07. The van der Waals surface area contributed by atoms with Gasteiger partial charge in [-0.3, -0.25) is 0 Å². The van der Waals surface area contributed by atoms with Gasteiger partial charge in [-0.25, -0.2) is 15.4 Å². The predicted molar refractivity (Wildman–Crippen MR) is 115 cm³/mol. The first-order valence-corrected chi connectivity index (χ1v) is 11.0. The number of hydrazine groups is 1. The molecule has 3 rings (SSSR count). The van der Waals surface area contributed by atoms with E-state index in [2.05, 4.69) is 65.4 Å². The average Bonchev–Trinajstić information content (AvgIpc) is 3.36. The van der Waals surface area contributed by atoms with Gasteiger partial charge in [0.1, 0.15) is 5.82 Å². The highest BCUT2D eigenvalue weighted by Crippen LogP contribution is 2.28. The first-order chi connectivity index (χ1) is 13.8. The molecule has 1 aliphatic heterocycles. The molecule has 2 N–H and O–H groups in total. The zero-order valence-electron chi connectivity index (χ0n) is 17.5. The van der Waals surface area contributed by atoms with Crippen LogP contribution in [0.2, 0.25) is 0 Å². The molecule has 28 heavy (non-hydrogen) atoms. The molecule has 0 amide bonds. The number of unbranched alkanes of at least 4 members (excludes halogenated alkanes) is 2. The molecule has 154 valence electrons. The molecule has 0 bridgehead atoms. The molecule has 1 aliphatic rings. The summed E-state index contributed by atoms with van der Waals surface area (Å²) in [6, 6.07) is 11.0. The van der Waals surface area contributed by atoms with Crippen LogP contribution in [0.15, 0.2) is 36.5 Å². The zero-order chi connectivity index (χ0) is 19.8. The minimum atomic E-state index is 0.220. The zero-order valence-corrected chi connectivity index (χ0v) is 17.5. The Morgan fingerprint density at radius 3 is 2.68 bits per heavy atom. The molecule has 2 atom stereocenters. The largest absolute Gasteiger partial charge is 0.395 e. The van der Waals surface area contributed by atoms with E-state index < -0.39 is 0 Å². The van der Waals surface area contributed by atoms with E-state index in [1.165, 1.54) is 24.1 Å². The van der Waals surface area contributed by atoms with Gasteiger partial charge in [-0.15, -0.1) is 0 Å². The molecule has 0 radical (unpaired) electrons. The van der Waals surface area contributed by atoms with E-state index in [9.17, 15) is 5.11 Å². The number of hydrogen-bond donors (Lipinski definition) is 2. The quantitative estimate of drug-likeness (QED) is 0.597. The van der Waals surface area contributed by atoms with E-state index >= 15 is 0 Å². The lowest BCUT2D eigenvalue weighted by atomic mass is 10.1. The van der Waals surface area contributed by atoms with Crippen molar-refractivity contribution in [2.45, 2.75) is 77.4 Å². The minimum Gasteiger partial charge on any atom is -0.395 e. The van der Waals surface area contributed by atoms with Crippen LogP contribution in [0, 0.1) is 0 Å². The molecule has 0 saturated carbocycles. The third kappa shape index (κ3) is 5.02. The van der Waals surface area contributed by atoms with Gasteiger partial charge in [-0.2, -0.15) is 0 Å². The van der Waals surface area contributed by atoms with E-state index in [0.29, 0.717) is 0 Å². The Hall–Kier alpha value is -1.69. The molecule has 5 nitrogen and oxygen atoms in total. The van der Waals surface area contributed by atoms with Crippen LogP contribution in [-0.2, 0) is 6.54 Å². The Morgan fingerprint density at radius 1 is 1.18 bits per heavy atom. The Labute approximate surface area is 169 Å². The van der Waals surface area contributed by atoms with E-state index in [4.69, 9.17) is 4.98 Å². The summed E-state index contributed by atoms with van der Waals surface area (Å²) >= 11 is 0. The van der Waals surface area contributed by atoms with E-state index in [1.807, 2.05) is 0 Å². The molecule has 2 aromatic rings. The third-order valence-corrected chi connectivity index (χ3v) is 5.77. The fourth-order valence-corrected chi connectivity index (χ4v) is 4.12. The van der Waals surface area contributed by atoms with Crippen molar-refractivity contribution in [2.24, 2.45) is 0 Å². The van der Waals surface area contributed by atoms with E-state index in [0.717, 1.165) is 51.0 Å². The second kappa shape index (κ2) is 10.7. The summed E-state index contributed by atoms with van der Waals surface area (Å²) in [6.07, 6.45) is 10.0. The van der Waals surface area contributed by atoms with Gasteiger partial charge in [0, 0.05) is 24.7 Å². The number of nitrogens with one attached hydrogen (secondary N) is 1. The lowest BCUT2D eigenvalue weighted by molar-refractivity contribution is 0.0896. The standard InChI is InChI=1S/C23H36N4O/c1-3-5-14-21(25-27-16-10-13-20(27)18-28)22-17-24-23(26(22)15-6-4-2)19-11-8-7-9-12-19/h7-9,11-12,17,20-21,25,28H,3-6,10,13-16,18H2,1-2H3/t20-,21+/m0/s1. The van der Waals surface area contributed by atoms with Crippen molar-refractivity contribution in [1.29, 1.82) is 0 Å². The minimum absolute atomic E-state index is 0.220. The Balaban J connectivity index is 1.90. The number of aliphatic hydroxyl groups is 1. The van der Waals surface area contributed by atoms with Gasteiger partial charge in [0.25, 0.3) is 0 Å². The number of hydrogen-bond acceptors (Lipinski definition) is 4. The normalized spacial score (nSPS) is 18.6. The second-order valence-electron chi connectivity index (χ2n) is 7.87. The summed E-state index contributed by atoms with van der Waals surface area (Å²) in [4.78, 5) is 4.84. The van der Waals surface area contributed by atoms with Gasteiger partial charge in [0.05, 0.1) is 24.5 Å². The lowest BCUT2D eigenvalue weighted by Gasteiger charge is -2.30. The summed E-state index contributed by atoms with van der Waals surface area (Å²) in [7, 11) is 0. The van der Waals surface area contributed by atoms with Gasteiger partial charge >= 0.3 is 0 Å². The first-order valence-electron chi connectivity index (χ1n) is 11.0. The number of nitrogens with zero attached hydrogens (tertiary/aromatic N) is 3. The number of rotatable bonds is 11. The van der Waals surface area contributed by atoms with Crippen LogP contribution < -0.4 is 5.43 Å². The number of imidazole rings is 1. The van der Waals surface area contributed by atoms with Gasteiger partial charge in [-0.05, 0) is 25.7 Å². The van der Waals surface area contributed by atoms with Crippen molar-refractivity contribution in [3.8, 4) is 11.4 Å². The molecule has 0 spiro atoms.